The summed E-state index contributed by atoms with van der Waals surface area (Å²) >= 11 is 0. The van der Waals surface area contributed by atoms with Crippen LogP contribution in [0.3, 0.4) is 0 Å². The molecule has 0 spiro atoms. The standard InChI is InChI=1S/C23H30N2O4S.C2HF3O2/c1-16-13-18(3)22(14-17(16)2)30(28,29)24-19-9-10-21(20(15-19)23(26)27)25-11-7-5-4-6-8-12-25;3-2(4,5)1(6)7/h9-10,13-15,24H,4-8,11-12H2,1-3H3,(H,26,27);(H,6,7). The predicted octanol–water partition coefficient (Wildman–Crippen LogP) is 5.51. The van der Waals surface area contributed by atoms with Crippen molar-refractivity contribution in [2.75, 3.05) is 22.7 Å². The summed E-state index contributed by atoms with van der Waals surface area (Å²) in [5, 5.41) is 16.9. The van der Waals surface area contributed by atoms with Crippen LogP contribution in [0.1, 0.15) is 59.2 Å². The number of aromatic carboxylic acids is 1. The lowest BCUT2D eigenvalue weighted by Crippen LogP contribution is -2.28. The average molecular weight is 545 g/mol. The molecule has 0 aromatic heterocycles. The van der Waals surface area contributed by atoms with Crippen LogP contribution in [0, 0.1) is 20.8 Å². The third-order valence-corrected chi connectivity index (χ3v) is 7.52. The van der Waals surface area contributed by atoms with E-state index in [0.29, 0.717) is 11.3 Å². The molecule has 1 saturated heterocycles. The number of aliphatic carboxylic acids is 1. The van der Waals surface area contributed by atoms with Gasteiger partial charge in [0.15, 0.2) is 0 Å². The van der Waals surface area contributed by atoms with Gasteiger partial charge >= 0.3 is 18.1 Å². The Labute approximate surface area is 214 Å². The molecule has 0 unspecified atom stereocenters. The number of sulfonamides is 1. The van der Waals surface area contributed by atoms with Gasteiger partial charge in [0, 0.05) is 18.8 Å². The molecule has 2 aromatic carbocycles. The van der Waals surface area contributed by atoms with Gasteiger partial charge in [0.05, 0.1) is 16.1 Å². The highest BCUT2D eigenvalue weighted by molar-refractivity contribution is 7.92. The van der Waals surface area contributed by atoms with E-state index in [2.05, 4.69) is 9.62 Å². The van der Waals surface area contributed by atoms with Gasteiger partial charge in [-0.2, -0.15) is 13.2 Å². The van der Waals surface area contributed by atoms with Crippen LogP contribution in [0.25, 0.3) is 0 Å². The summed E-state index contributed by atoms with van der Waals surface area (Å²) < 4.78 is 60.2. The smallest absolute Gasteiger partial charge is 0.478 e. The van der Waals surface area contributed by atoms with Crippen LogP contribution in [0.5, 0.6) is 0 Å². The minimum Gasteiger partial charge on any atom is -0.478 e. The number of carbonyl (C=O) groups is 2. The largest absolute Gasteiger partial charge is 0.490 e. The lowest BCUT2D eigenvalue weighted by molar-refractivity contribution is -0.192. The van der Waals surface area contributed by atoms with Crippen molar-refractivity contribution in [2.24, 2.45) is 0 Å². The van der Waals surface area contributed by atoms with E-state index in [1.807, 2.05) is 19.9 Å². The Morgan fingerprint density at radius 1 is 0.865 bits per heavy atom. The molecule has 0 bridgehead atoms. The van der Waals surface area contributed by atoms with E-state index in [4.69, 9.17) is 9.90 Å². The Balaban J connectivity index is 0.000000604. The SMILES string of the molecule is Cc1cc(C)c(S(=O)(=O)Nc2ccc(N3CCCCCCC3)c(C(=O)O)c2)cc1C.O=C(O)C(F)(F)F. The van der Waals surface area contributed by atoms with E-state index in [-0.39, 0.29) is 16.1 Å². The van der Waals surface area contributed by atoms with E-state index in [9.17, 15) is 31.5 Å². The molecule has 1 aliphatic rings. The first-order chi connectivity index (χ1) is 17.1. The number of benzene rings is 2. The van der Waals surface area contributed by atoms with Gasteiger partial charge in [-0.3, -0.25) is 4.72 Å². The number of nitrogens with one attached hydrogen (secondary N) is 1. The van der Waals surface area contributed by atoms with Gasteiger partial charge in [-0.15, -0.1) is 0 Å². The molecule has 2 aromatic rings. The Kier molecular flexibility index (Phi) is 9.96. The quantitative estimate of drug-likeness (QED) is 0.453. The predicted molar refractivity (Wildman–Crippen MR) is 134 cm³/mol. The summed E-state index contributed by atoms with van der Waals surface area (Å²) in [6.45, 7) is 7.19. The van der Waals surface area contributed by atoms with Crippen molar-refractivity contribution in [1.82, 2.24) is 0 Å². The minimum absolute atomic E-state index is 0.118. The third-order valence-electron chi connectivity index (χ3n) is 6.00. The van der Waals surface area contributed by atoms with Crippen LogP contribution in [-0.2, 0) is 14.8 Å². The van der Waals surface area contributed by atoms with Crippen molar-refractivity contribution in [2.45, 2.75) is 63.9 Å². The van der Waals surface area contributed by atoms with E-state index in [1.54, 1.807) is 25.1 Å². The molecular weight excluding hydrogens is 513 g/mol. The topological polar surface area (TPSA) is 124 Å². The van der Waals surface area contributed by atoms with Crippen LogP contribution < -0.4 is 9.62 Å². The number of carboxylic acids is 2. The minimum atomic E-state index is -5.08. The first-order valence-corrected chi connectivity index (χ1v) is 13.1. The zero-order chi connectivity index (χ0) is 28.0. The van der Waals surface area contributed by atoms with Gasteiger partial charge in [-0.1, -0.05) is 25.3 Å². The second-order valence-electron chi connectivity index (χ2n) is 8.90. The number of hydrogen-bond donors (Lipinski definition) is 3. The van der Waals surface area contributed by atoms with Crippen molar-refractivity contribution in [3.05, 3.63) is 52.6 Å². The van der Waals surface area contributed by atoms with Crippen molar-refractivity contribution in [3.8, 4) is 0 Å². The lowest BCUT2D eigenvalue weighted by atomic mass is 10.1. The summed E-state index contributed by atoms with van der Waals surface area (Å²) in [4.78, 5) is 23.1. The van der Waals surface area contributed by atoms with E-state index in [1.165, 1.54) is 12.5 Å². The maximum atomic E-state index is 13.0. The van der Waals surface area contributed by atoms with Gasteiger partial charge in [0.1, 0.15) is 0 Å². The molecule has 0 aliphatic carbocycles. The number of alkyl halides is 3. The molecule has 1 fully saturated rings. The molecule has 0 radical (unpaired) electrons. The van der Waals surface area contributed by atoms with Crippen LogP contribution in [-0.4, -0.2) is 49.8 Å². The summed E-state index contributed by atoms with van der Waals surface area (Å²) in [6.07, 6.45) is 0.482. The van der Waals surface area contributed by atoms with E-state index >= 15 is 0 Å². The first kappa shape index (κ1) is 29.9. The Morgan fingerprint density at radius 3 is 1.89 bits per heavy atom. The van der Waals surface area contributed by atoms with Crippen molar-refractivity contribution in [3.63, 3.8) is 0 Å². The molecule has 37 heavy (non-hydrogen) atoms. The number of anilines is 2. The van der Waals surface area contributed by atoms with E-state index < -0.39 is 28.1 Å². The number of aryl methyl sites for hydroxylation is 3. The van der Waals surface area contributed by atoms with Crippen molar-refractivity contribution >= 4 is 33.3 Å². The molecule has 0 saturated carbocycles. The highest BCUT2D eigenvalue weighted by Gasteiger charge is 2.38. The van der Waals surface area contributed by atoms with Crippen LogP contribution in [0.2, 0.25) is 0 Å². The fourth-order valence-electron chi connectivity index (χ4n) is 3.97. The number of rotatable bonds is 5. The monoisotopic (exact) mass is 544 g/mol. The second kappa shape index (κ2) is 12.3. The molecule has 8 nitrogen and oxygen atoms in total. The summed E-state index contributed by atoms with van der Waals surface area (Å²) in [5.74, 6) is -3.82. The fraction of sp³-hybridized carbons (Fsp3) is 0.440. The summed E-state index contributed by atoms with van der Waals surface area (Å²) in [6, 6.07) is 8.28. The average Bonchev–Trinajstić information content (AvgIpc) is 2.75. The molecule has 204 valence electrons. The van der Waals surface area contributed by atoms with Crippen LogP contribution >= 0.6 is 0 Å². The highest BCUT2D eigenvalue weighted by Crippen LogP contribution is 2.29. The Bertz CT molecular complexity index is 1240. The number of hydrogen-bond acceptors (Lipinski definition) is 5. The van der Waals surface area contributed by atoms with Gasteiger partial charge in [-0.05, 0) is 74.6 Å². The first-order valence-electron chi connectivity index (χ1n) is 11.7. The summed E-state index contributed by atoms with van der Waals surface area (Å²) in [5.41, 5.74) is 3.58. The molecular formula is C25H31F3N2O6S. The number of carboxylic acid groups (broad SMARTS) is 2. The zero-order valence-corrected chi connectivity index (χ0v) is 21.7. The number of nitrogens with zero attached hydrogens (tertiary/aromatic N) is 1. The number of halogens is 3. The fourth-order valence-corrected chi connectivity index (χ4v) is 5.33. The van der Waals surface area contributed by atoms with Gasteiger partial charge < -0.3 is 15.1 Å². The normalized spacial score (nSPS) is 14.6. The molecule has 0 atom stereocenters. The van der Waals surface area contributed by atoms with Gasteiger partial charge in [-0.25, -0.2) is 18.0 Å². The van der Waals surface area contributed by atoms with Gasteiger partial charge in [0.2, 0.25) is 0 Å². The van der Waals surface area contributed by atoms with Crippen molar-refractivity contribution in [1.29, 1.82) is 0 Å². The second-order valence-corrected chi connectivity index (χ2v) is 10.6. The zero-order valence-electron chi connectivity index (χ0n) is 20.9. The van der Waals surface area contributed by atoms with Crippen molar-refractivity contribution < 1.29 is 41.4 Å². The highest BCUT2D eigenvalue weighted by atomic mass is 32.2. The molecule has 0 amide bonds. The Morgan fingerprint density at radius 2 is 1.38 bits per heavy atom. The molecule has 1 aliphatic heterocycles. The molecule has 1 heterocycles. The molecule has 12 heteroatoms. The maximum Gasteiger partial charge on any atom is 0.490 e. The van der Waals surface area contributed by atoms with Crippen LogP contribution in [0.4, 0.5) is 24.5 Å². The molecule has 3 rings (SSSR count). The third kappa shape index (κ3) is 8.38. The summed E-state index contributed by atoms with van der Waals surface area (Å²) in [7, 11) is -3.83. The van der Waals surface area contributed by atoms with Gasteiger partial charge in [0.25, 0.3) is 10.0 Å². The maximum absolute atomic E-state index is 13.0. The van der Waals surface area contributed by atoms with E-state index in [0.717, 1.165) is 49.9 Å². The molecule has 3 N–H and O–H groups in total. The Hall–Kier alpha value is -3.28. The van der Waals surface area contributed by atoms with Crippen LogP contribution in [0.15, 0.2) is 35.2 Å². The lowest BCUT2D eigenvalue weighted by Gasteiger charge is -2.28.